The average molecular weight is 321 g/mol. The summed E-state index contributed by atoms with van der Waals surface area (Å²) in [6.45, 7) is 5.95. The van der Waals surface area contributed by atoms with E-state index in [2.05, 4.69) is 9.88 Å². The maximum Gasteiger partial charge on any atom is 0.290 e. The van der Waals surface area contributed by atoms with E-state index in [1.54, 1.807) is 13.0 Å². The van der Waals surface area contributed by atoms with Gasteiger partial charge < -0.3 is 14.7 Å². The van der Waals surface area contributed by atoms with Gasteiger partial charge in [0.2, 0.25) is 0 Å². The number of anilines is 1. The zero-order chi connectivity index (χ0) is 16.6. The van der Waals surface area contributed by atoms with Crippen LogP contribution < -0.4 is 4.90 Å². The predicted molar refractivity (Wildman–Crippen MR) is 85.5 cm³/mol. The van der Waals surface area contributed by atoms with Crippen LogP contribution in [0.15, 0.2) is 12.3 Å². The molecule has 23 heavy (non-hydrogen) atoms. The fraction of sp³-hybridized carbons (Fsp3) is 0.688. The van der Waals surface area contributed by atoms with Crippen molar-refractivity contribution in [1.29, 1.82) is 0 Å². The van der Waals surface area contributed by atoms with E-state index in [0.29, 0.717) is 12.2 Å². The van der Waals surface area contributed by atoms with E-state index in [9.17, 15) is 15.2 Å². The number of piperidine rings is 1. The molecule has 0 amide bonds. The monoisotopic (exact) mass is 321 g/mol. The van der Waals surface area contributed by atoms with Gasteiger partial charge in [-0.3, -0.25) is 10.1 Å². The highest BCUT2D eigenvalue weighted by atomic mass is 16.6. The zero-order valence-corrected chi connectivity index (χ0v) is 13.6. The Morgan fingerprint density at radius 3 is 2.74 bits per heavy atom. The summed E-state index contributed by atoms with van der Waals surface area (Å²) in [4.78, 5) is 16.9. The van der Waals surface area contributed by atoms with Crippen LogP contribution in [0.2, 0.25) is 0 Å². The van der Waals surface area contributed by atoms with Crippen molar-refractivity contribution >= 4 is 11.5 Å². The molecule has 1 spiro atoms. The van der Waals surface area contributed by atoms with Crippen molar-refractivity contribution < 1.29 is 14.8 Å². The van der Waals surface area contributed by atoms with Gasteiger partial charge >= 0.3 is 0 Å². The van der Waals surface area contributed by atoms with Crippen LogP contribution in [0.25, 0.3) is 0 Å². The van der Waals surface area contributed by atoms with Crippen LogP contribution >= 0.6 is 0 Å². The van der Waals surface area contributed by atoms with Gasteiger partial charge in [-0.1, -0.05) is 0 Å². The second-order valence-electron chi connectivity index (χ2n) is 6.50. The first-order valence-electron chi connectivity index (χ1n) is 8.13. The highest BCUT2D eigenvalue weighted by molar-refractivity contribution is 5.49. The fourth-order valence-electron chi connectivity index (χ4n) is 3.87. The van der Waals surface area contributed by atoms with E-state index in [1.165, 1.54) is 6.20 Å². The average Bonchev–Trinajstić information content (AvgIpc) is 2.54. The van der Waals surface area contributed by atoms with Gasteiger partial charge in [-0.25, -0.2) is 4.98 Å². The lowest BCUT2D eigenvalue weighted by Crippen LogP contribution is -2.62. The largest absolute Gasteiger partial charge is 0.392 e. The van der Waals surface area contributed by atoms with E-state index in [-0.39, 0.29) is 23.3 Å². The molecule has 7 heteroatoms. The Bertz CT molecular complexity index is 597. The van der Waals surface area contributed by atoms with Gasteiger partial charge in [0.05, 0.1) is 17.1 Å². The number of aliphatic hydroxyl groups excluding tert-OH is 1. The van der Waals surface area contributed by atoms with Crippen molar-refractivity contribution in [3.8, 4) is 0 Å². The Hall–Kier alpha value is -1.73. The molecule has 1 saturated heterocycles. The quantitative estimate of drug-likeness (QED) is 0.674. The summed E-state index contributed by atoms with van der Waals surface area (Å²) >= 11 is 0. The molecule has 0 aromatic carbocycles. The van der Waals surface area contributed by atoms with Crippen LogP contribution in [0, 0.1) is 22.5 Å². The molecule has 0 radical (unpaired) electrons. The summed E-state index contributed by atoms with van der Waals surface area (Å²) in [5, 5.41) is 21.1. The molecule has 2 fully saturated rings. The molecule has 2 heterocycles. The van der Waals surface area contributed by atoms with Crippen molar-refractivity contribution in [2.24, 2.45) is 5.41 Å². The third-order valence-corrected chi connectivity index (χ3v) is 5.39. The van der Waals surface area contributed by atoms with Gasteiger partial charge in [0.25, 0.3) is 5.69 Å². The number of aromatic nitrogens is 1. The van der Waals surface area contributed by atoms with Crippen molar-refractivity contribution in [2.75, 3.05) is 24.6 Å². The van der Waals surface area contributed by atoms with Gasteiger partial charge in [0.1, 0.15) is 12.0 Å². The molecule has 1 N–H and O–H groups in total. The van der Waals surface area contributed by atoms with Crippen LogP contribution in [-0.4, -0.2) is 46.9 Å². The first-order valence-corrected chi connectivity index (χ1v) is 8.13. The Morgan fingerprint density at radius 1 is 1.52 bits per heavy atom. The van der Waals surface area contributed by atoms with Gasteiger partial charge in [-0.2, -0.15) is 0 Å². The molecule has 2 aliphatic rings. The molecular weight excluding hydrogens is 298 g/mol. The molecule has 3 rings (SSSR count). The first kappa shape index (κ1) is 16.1. The number of rotatable bonds is 4. The molecule has 1 aromatic rings. The number of aryl methyl sites for hydroxylation is 1. The van der Waals surface area contributed by atoms with Crippen molar-refractivity contribution in [3.05, 3.63) is 27.9 Å². The number of ether oxygens (including phenoxy) is 1. The molecule has 2 unspecified atom stereocenters. The molecule has 1 aliphatic carbocycles. The highest BCUT2D eigenvalue weighted by Crippen LogP contribution is 2.51. The Kier molecular flexibility index (Phi) is 4.25. The topological polar surface area (TPSA) is 88.7 Å². The maximum atomic E-state index is 10.9. The van der Waals surface area contributed by atoms with Crippen LogP contribution in [0.4, 0.5) is 11.5 Å². The number of pyridine rings is 1. The minimum atomic E-state index is -0.408. The van der Waals surface area contributed by atoms with Gasteiger partial charge in [0.15, 0.2) is 0 Å². The molecule has 1 aromatic heterocycles. The summed E-state index contributed by atoms with van der Waals surface area (Å²) in [7, 11) is 0. The molecule has 126 valence electrons. The number of hydrogen-bond donors (Lipinski definition) is 1. The summed E-state index contributed by atoms with van der Waals surface area (Å²) in [5.41, 5.74) is 0.548. The van der Waals surface area contributed by atoms with E-state index >= 15 is 0 Å². The zero-order valence-electron chi connectivity index (χ0n) is 13.6. The van der Waals surface area contributed by atoms with E-state index in [1.807, 2.05) is 6.92 Å². The number of nitrogens with zero attached hydrogens (tertiary/aromatic N) is 3. The van der Waals surface area contributed by atoms with E-state index < -0.39 is 4.92 Å². The maximum absolute atomic E-state index is 10.9. The highest BCUT2D eigenvalue weighted by Gasteiger charge is 2.56. The van der Waals surface area contributed by atoms with Crippen molar-refractivity contribution in [3.63, 3.8) is 0 Å². The Labute approximate surface area is 135 Å². The van der Waals surface area contributed by atoms with Crippen LogP contribution in [0.3, 0.4) is 0 Å². The summed E-state index contributed by atoms with van der Waals surface area (Å²) in [6, 6.07) is 1.77. The molecule has 2 atom stereocenters. The third kappa shape index (κ3) is 2.68. The lowest BCUT2D eigenvalue weighted by molar-refractivity contribution is -0.385. The molecular formula is C16H23N3O4. The normalized spacial score (nSPS) is 26.1. The molecule has 7 nitrogen and oxygen atoms in total. The lowest BCUT2D eigenvalue weighted by atomic mass is 9.58. The number of nitro groups is 1. The second kappa shape index (κ2) is 6.05. The van der Waals surface area contributed by atoms with Gasteiger partial charge in [-0.15, -0.1) is 0 Å². The minimum Gasteiger partial charge on any atom is -0.392 e. The van der Waals surface area contributed by atoms with Crippen LogP contribution in [0.5, 0.6) is 0 Å². The summed E-state index contributed by atoms with van der Waals surface area (Å²) in [6.07, 6.45) is 3.63. The fourth-order valence-corrected chi connectivity index (χ4v) is 3.87. The number of hydrogen-bond acceptors (Lipinski definition) is 6. The Balaban J connectivity index is 1.69. The Morgan fingerprint density at radius 2 is 2.22 bits per heavy atom. The van der Waals surface area contributed by atoms with E-state index in [0.717, 1.165) is 38.2 Å². The predicted octanol–water partition coefficient (Wildman–Crippen LogP) is 2.05. The van der Waals surface area contributed by atoms with Crippen molar-refractivity contribution in [2.45, 2.75) is 45.3 Å². The first-order chi connectivity index (χ1) is 11.0. The molecule has 1 aliphatic heterocycles. The van der Waals surface area contributed by atoms with Gasteiger partial charge in [-0.05, 0) is 32.8 Å². The van der Waals surface area contributed by atoms with Gasteiger partial charge in [0, 0.05) is 37.1 Å². The van der Waals surface area contributed by atoms with Crippen LogP contribution in [-0.2, 0) is 4.74 Å². The smallest absolute Gasteiger partial charge is 0.290 e. The third-order valence-electron chi connectivity index (χ3n) is 5.39. The van der Waals surface area contributed by atoms with Crippen LogP contribution in [0.1, 0.15) is 31.7 Å². The van der Waals surface area contributed by atoms with Crippen molar-refractivity contribution in [1.82, 2.24) is 4.98 Å². The lowest BCUT2D eigenvalue weighted by Gasteiger charge is -2.56. The minimum absolute atomic E-state index is 0.0491. The number of aliphatic hydroxyl groups is 1. The molecule has 1 saturated carbocycles. The summed E-state index contributed by atoms with van der Waals surface area (Å²) < 4.78 is 5.77. The van der Waals surface area contributed by atoms with E-state index in [4.69, 9.17) is 4.74 Å². The summed E-state index contributed by atoms with van der Waals surface area (Å²) in [5.74, 6) is 0.768. The standard InChI is InChI=1S/C16H23N3O4/c1-3-23-14-9-13(20)16(14)4-6-18(7-5-16)15-8-11(2)12(10-17-15)19(21)22/h8,10,13-14,20H,3-7,9H2,1-2H3. The SMILES string of the molecule is CCOC1CC(O)C12CCN(c1cc(C)c([N+](=O)[O-])cn1)CC2. The second-order valence-corrected chi connectivity index (χ2v) is 6.50. The molecule has 0 bridgehead atoms.